The van der Waals surface area contributed by atoms with Gasteiger partial charge in [0.15, 0.2) is 17.5 Å². The fraction of sp³-hybridized carbons (Fsp3) is 0.611. The molecule has 0 bridgehead atoms. The van der Waals surface area contributed by atoms with Crippen LogP contribution in [0.2, 0.25) is 0 Å². The summed E-state index contributed by atoms with van der Waals surface area (Å²) in [6.07, 6.45) is 1.04. The van der Waals surface area contributed by atoms with Crippen molar-refractivity contribution in [3.63, 3.8) is 0 Å². The van der Waals surface area contributed by atoms with Crippen LogP contribution in [0.5, 0.6) is 11.5 Å². The van der Waals surface area contributed by atoms with Crippen molar-refractivity contribution in [3.05, 3.63) is 23.8 Å². The molecule has 7 heteroatoms. The molecule has 0 saturated carbocycles. The normalized spacial score (nSPS) is 11.5. The molecule has 0 saturated heterocycles. The highest BCUT2D eigenvalue weighted by atomic mass is 16.5. The van der Waals surface area contributed by atoms with Crippen molar-refractivity contribution in [1.82, 2.24) is 15.5 Å². The second-order valence-corrected chi connectivity index (χ2v) is 5.69. The third-order valence-electron chi connectivity index (χ3n) is 3.81. The van der Waals surface area contributed by atoms with Gasteiger partial charge in [-0.2, -0.15) is 0 Å². The second-order valence-electron chi connectivity index (χ2n) is 5.69. The minimum Gasteiger partial charge on any atom is -0.493 e. The summed E-state index contributed by atoms with van der Waals surface area (Å²) in [5, 5.41) is 6.63. The molecule has 0 aliphatic heterocycles. The molecule has 0 heterocycles. The molecule has 0 aromatic heterocycles. The smallest absolute Gasteiger partial charge is 0.191 e. The van der Waals surface area contributed by atoms with Crippen LogP contribution in [-0.4, -0.2) is 72.5 Å². The highest BCUT2D eigenvalue weighted by Crippen LogP contribution is 2.27. The maximum absolute atomic E-state index is 5.33. The topological polar surface area (TPSA) is 67.4 Å². The Morgan fingerprint density at radius 3 is 2.48 bits per heavy atom. The average molecular weight is 352 g/mol. The van der Waals surface area contributed by atoms with E-state index in [4.69, 9.17) is 14.2 Å². The van der Waals surface area contributed by atoms with Gasteiger partial charge in [0.05, 0.1) is 14.2 Å². The van der Waals surface area contributed by atoms with E-state index in [-0.39, 0.29) is 0 Å². The maximum atomic E-state index is 5.33. The molecule has 1 rings (SSSR count). The fourth-order valence-electron chi connectivity index (χ4n) is 2.35. The SMILES string of the molecule is CN=C(NCCN(C)CCCOC)NCc1ccc(OC)c(OC)c1. The lowest BCUT2D eigenvalue weighted by atomic mass is 10.2. The summed E-state index contributed by atoms with van der Waals surface area (Å²) < 4.78 is 15.7. The summed E-state index contributed by atoms with van der Waals surface area (Å²) in [5.41, 5.74) is 1.09. The van der Waals surface area contributed by atoms with Crippen molar-refractivity contribution in [2.45, 2.75) is 13.0 Å². The predicted octanol–water partition coefficient (Wildman–Crippen LogP) is 1.34. The predicted molar refractivity (Wildman–Crippen MR) is 102 cm³/mol. The van der Waals surface area contributed by atoms with Crippen molar-refractivity contribution in [3.8, 4) is 11.5 Å². The number of methoxy groups -OCH3 is 3. The summed E-state index contributed by atoms with van der Waals surface area (Å²) >= 11 is 0. The Morgan fingerprint density at radius 2 is 1.84 bits per heavy atom. The number of nitrogens with one attached hydrogen (secondary N) is 2. The number of hydrogen-bond acceptors (Lipinski definition) is 5. The van der Waals surface area contributed by atoms with E-state index in [2.05, 4.69) is 27.6 Å². The van der Waals surface area contributed by atoms with E-state index in [0.717, 1.165) is 55.7 Å². The van der Waals surface area contributed by atoms with E-state index in [0.29, 0.717) is 6.54 Å². The minimum absolute atomic E-state index is 0.656. The lowest BCUT2D eigenvalue weighted by Gasteiger charge is -2.18. The van der Waals surface area contributed by atoms with Crippen LogP contribution in [-0.2, 0) is 11.3 Å². The summed E-state index contributed by atoms with van der Waals surface area (Å²) in [6, 6.07) is 5.87. The van der Waals surface area contributed by atoms with Crippen LogP contribution in [0.3, 0.4) is 0 Å². The first-order valence-corrected chi connectivity index (χ1v) is 8.47. The van der Waals surface area contributed by atoms with E-state index in [9.17, 15) is 0 Å². The van der Waals surface area contributed by atoms with Crippen molar-refractivity contribution in [1.29, 1.82) is 0 Å². The molecule has 0 unspecified atom stereocenters. The van der Waals surface area contributed by atoms with Gasteiger partial charge in [0, 0.05) is 46.9 Å². The molecule has 0 amide bonds. The molecule has 7 nitrogen and oxygen atoms in total. The van der Waals surface area contributed by atoms with Crippen molar-refractivity contribution in [2.24, 2.45) is 4.99 Å². The monoisotopic (exact) mass is 352 g/mol. The van der Waals surface area contributed by atoms with E-state index in [1.165, 1.54) is 0 Å². The van der Waals surface area contributed by atoms with E-state index in [1.54, 1.807) is 28.4 Å². The lowest BCUT2D eigenvalue weighted by molar-refractivity contribution is 0.180. The summed E-state index contributed by atoms with van der Waals surface area (Å²) in [5.74, 6) is 2.23. The van der Waals surface area contributed by atoms with Gasteiger partial charge in [-0.1, -0.05) is 6.07 Å². The molecule has 2 N–H and O–H groups in total. The summed E-state index contributed by atoms with van der Waals surface area (Å²) in [6.45, 7) is 4.25. The van der Waals surface area contributed by atoms with Gasteiger partial charge >= 0.3 is 0 Å². The molecule has 0 atom stereocenters. The molecule has 0 aliphatic carbocycles. The number of aliphatic imine (C=N–C) groups is 1. The molecule has 1 aromatic carbocycles. The Hall–Kier alpha value is -1.99. The minimum atomic E-state index is 0.656. The Labute approximate surface area is 151 Å². The van der Waals surface area contributed by atoms with Crippen LogP contribution in [0.25, 0.3) is 0 Å². The maximum Gasteiger partial charge on any atom is 0.191 e. The van der Waals surface area contributed by atoms with Crippen LogP contribution in [0.1, 0.15) is 12.0 Å². The zero-order chi connectivity index (χ0) is 18.5. The van der Waals surface area contributed by atoms with E-state index in [1.807, 2.05) is 18.2 Å². The molecule has 0 spiro atoms. The number of guanidine groups is 1. The van der Waals surface area contributed by atoms with Gasteiger partial charge in [-0.25, -0.2) is 0 Å². The molecular weight excluding hydrogens is 320 g/mol. The van der Waals surface area contributed by atoms with Gasteiger partial charge in [-0.15, -0.1) is 0 Å². The Bertz CT molecular complexity index is 523. The van der Waals surface area contributed by atoms with Gasteiger partial charge in [0.25, 0.3) is 0 Å². The third kappa shape index (κ3) is 8.09. The molecular formula is C18H32N4O3. The molecule has 0 fully saturated rings. The quantitative estimate of drug-likeness (QED) is 0.356. The lowest BCUT2D eigenvalue weighted by Crippen LogP contribution is -2.40. The number of nitrogens with zero attached hydrogens (tertiary/aromatic N) is 2. The Morgan fingerprint density at radius 1 is 1.08 bits per heavy atom. The summed E-state index contributed by atoms with van der Waals surface area (Å²) in [4.78, 5) is 6.52. The molecule has 0 radical (unpaired) electrons. The molecule has 0 aliphatic rings. The first-order valence-electron chi connectivity index (χ1n) is 8.47. The second kappa shape index (κ2) is 12.4. The van der Waals surface area contributed by atoms with E-state index >= 15 is 0 Å². The van der Waals surface area contributed by atoms with Crippen molar-refractivity contribution in [2.75, 3.05) is 61.7 Å². The number of ether oxygens (including phenoxy) is 3. The highest BCUT2D eigenvalue weighted by molar-refractivity contribution is 5.79. The van der Waals surface area contributed by atoms with Gasteiger partial charge in [-0.3, -0.25) is 4.99 Å². The van der Waals surface area contributed by atoms with Crippen LogP contribution >= 0.6 is 0 Å². The van der Waals surface area contributed by atoms with Crippen LogP contribution in [0.15, 0.2) is 23.2 Å². The zero-order valence-corrected chi connectivity index (χ0v) is 16.1. The first kappa shape index (κ1) is 21.1. The largest absolute Gasteiger partial charge is 0.493 e. The highest BCUT2D eigenvalue weighted by Gasteiger charge is 2.05. The Balaban J connectivity index is 2.37. The Kier molecular flexibility index (Phi) is 10.4. The first-order chi connectivity index (χ1) is 12.1. The number of hydrogen-bond donors (Lipinski definition) is 2. The van der Waals surface area contributed by atoms with Gasteiger partial charge in [0.2, 0.25) is 0 Å². The van der Waals surface area contributed by atoms with Gasteiger partial charge in [-0.05, 0) is 31.2 Å². The zero-order valence-electron chi connectivity index (χ0n) is 16.1. The standard InChI is InChI=1S/C18H32N4O3/c1-19-18(20-9-11-22(2)10-6-12-23-3)21-14-15-7-8-16(24-4)17(13-15)25-5/h7-8,13H,6,9-12,14H2,1-5H3,(H2,19,20,21). The van der Waals surface area contributed by atoms with Crippen LogP contribution < -0.4 is 20.1 Å². The molecule has 25 heavy (non-hydrogen) atoms. The number of likely N-dealkylation sites (N-methyl/N-ethyl adjacent to an activating group) is 1. The fourth-order valence-corrected chi connectivity index (χ4v) is 2.35. The molecule has 1 aromatic rings. The van der Waals surface area contributed by atoms with Gasteiger partial charge < -0.3 is 29.7 Å². The summed E-state index contributed by atoms with van der Waals surface area (Å²) in [7, 11) is 8.88. The van der Waals surface area contributed by atoms with Crippen LogP contribution in [0, 0.1) is 0 Å². The number of benzene rings is 1. The average Bonchev–Trinajstić information content (AvgIpc) is 2.64. The van der Waals surface area contributed by atoms with E-state index < -0.39 is 0 Å². The third-order valence-corrected chi connectivity index (χ3v) is 3.81. The number of rotatable bonds is 11. The van der Waals surface area contributed by atoms with Crippen molar-refractivity contribution < 1.29 is 14.2 Å². The van der Waals surface area contributed by atoms with Crippen LogP contribution in [0.4, 0.5) is 0 Å². The molecule has 142 valence electrons. The van der Waals surface area contributed by atoms with Gasteiger partial charge in [0.1, 0.15) is 0 Å². The van der Waals surface area contributed by atoms with Crippen molar-refractivity contribution >= 4 is 5.96 Å².